The summed E-state index contributed by atoms with van der Waals surface area (Å²) >= 11 is 0. The molecule has 0 aliphatic carbocycles. The first-order valence-electron chi connectivity index (χ1n) is 7.92. The average Bonchev–Trinajstić information content (AvgIpc) is 2.97. The Morgan fingerprint density at radius 2 is 2.00 bits per heavy atom. The molecule has 4 heteroatoms. The molecular formula is C17H28N2O2. The van der Waals surface area contributed by atoms with Gasteiger partial charge in [-0.2, -0.15) is 0 Å². The fraction of sp³-hybridized carbons (Fsp3) is 0.647. The van der Waals surface area contributed by atoms with Crippen LogP contribution in [0.5, 0.6) is 5.75 Å². The second-order valence-electron chi connectivity index (χ2n) is 6.04. The third-order valence-electron chi connectivity index (χ3n) is 4.04. The lowest BCUT2D eigenvalue weighted by Gasteiger charge is -2.23. The molecule has 0 aromatic heterocycles. The molecule has 2 rings (SSSR count). The van der Waals surface area contributed by atoms with Crippen LogP contribution >= 0.6 is 0 Å². The van der Waals surface area contributed by atoms with E-state index in [0.717, 1.165) is 24.4 Å². The lowest BCUT2D eigenvalue weighted by molar-refractivity contribution is 0.0736. The van der Waals surface area contributed by atoms with Crippen molar-refractivity contribution in [3.05, 3.63) is 29.8 Å². The van der Waals surface area contributed by atoms with Crippen LogP contribution in [0.25, 0.3) is 0 Å². The molecule has 1 N–H and O–H groups in total. The van der Waals surface area contributed by atoms with Crippen molar-refractivity contribution in [3.8, 4) is 5.75 Å². The first-order chi connectivity index (χ1) is 10.1. The van der Waals surface area contributed by atoms with Crippen molar-refractivity contribution in [1.29, 1.82) is 0 Å². The lowest BCUT2D eigenvalue weighted by atomic mass is 10.2. The molecule has 1 aromatic carbocycles. The first-order valence-corrected chi connectivity index (χ1v) is 7.92. The van der Waals surface area contributed by atoms with Crippen LogP contribution in [0.1, 0.15) is 18.4 Å². The highest BCUT2D eigenvalue weighted by Crippen LogP contribution is 2.16. The van der Waals surface area contributed by atoms with E-state index in [1.165, 1.54) is 25.9 Å². The predicted octanol–water partition coefficient (Wildman–Crippen LogP) is 1.76. The number of rotatable bonds is 8. The normalized spacial score (nSPS) is 17.3. The number of ether oxygens (including phenoxy) is 1. The molecule has 1 aliphatic heterocycles. The third-order valence-corrected chi connectivity index (χ3v) is 4.04. The van der Waals surface area contributed by atoms with E-state index in [-0.39, 0.29) is 0 Å². The third kappa shape index (κ3) is 5.65. The summed E-state index contributed by atoms with van der Waals surface area (Å²) in [5, 5.41) is 10.1. The van der Waals surface area contributed by atoms with Gasteiger partial charge >= 0.3 is 0 Å². The van der Waals surface area contributed by atoms with Crippen molar-refractivity contribution in [3.63, 3.8) is 0 Å². The maximum atomic E-state index is 10.1. The molecule has 0 saturated carbocycles. The molecule has 0 amide bonds. The van der Waals surface area contributed by atoms with Gasteiger partial charge in [0.15, 0.2) is 0 Å². The van der Waals surface area contributed by atoms with Gasteiger partial charge in [0.2, 0.25) is 0 Å². The molecule has 1 saturated heterocycles. The zero-order valence-electron chi connectivity index (χ0n) is 13.3. The Balaban J connectivity index is 1.64. The summed E-state index contributed by atoms with van der Waals surface area (Å²) in [5.41, 5.74) is 1.10. The average molecular weight is 292 g/mol. The number of para-hydroxylation sites is 1. The van der Waals surface area contributed by atoms with E-state index < -0.39 is 6.10 Å². The number of aliphatic hydroxyl groups is 1. The number of hydrogen-bond donors (Lipinski definition) is 1. The van der Waals surface area contributed by atoms with Gasteiger partial charge in [0.1, 0.15) is 18.5 Å². The highest BCUT2D eigenvalue weighted by Gasteiger charge is 2.14. The van der Waals surface area contributed by atoms with Crippen LogP contribution in [0, 0.1) is 6.92 Å². The molecule has 1 aliphatic rings. The van der Waals surface area contributed by atoms with E-state index >= 15 is 0 Å². The Labute approximate surface area is 128 Å². The van der Waals surface area contributed by atoms with Crippen molar-refractivity contribution in [2.45, 2.75) is 25.9 Å². The second-order valence-corrected chi connectivity index (χ2v) is 6.04. The van der Waals surface area contributed by atoms with Crippen molar-refractivity contribution in [2.24, 2.45) is 0 Å². The summed E-state index contributed by atoms with van der Waals surface area (Å²) in [6.07, 6.45) is 2.21. The first kappa shape index (κ1) is 16.3. The summed E-state index contributed by atoms with van der Waals surface area (Å²) in [4.78, 5) is 4.68. The van der Waals surface area contributed by atoms with E-state index in [4.69, 9.17) is 4.74 Å². The van der Waals surface area contributed by atoms with E-state index in [0.29, 0.717) is 13.2 Å². The Morgan fingerprint density at radius 1 is 1.29 bits per heavy atom. The minimum atomic E-state index is -0.451. The molecule has 0 spiro atoms. The molecule has 1 fully saturated rings. The highest BCUT2D eigenvalue weighted by atomic mass is 16.5. The lowest BCUT2D eigenvalue weighted by Crippen LogP contribution is -2.37. The standard InChI is InChI=1S/C17H28N2O2/c1-15-7-3-4-8-17(15)21-14-16(20)13-18(2)11-12-19-9-5-6-10-19/h3-4,7-8,16,20H,5-6,9-14H2,1-2H3. The smallest absolute Gasteiger partial charge is 0.122 e. The van der Waals surface area contributed by atoms with Crippen molar-refractivity contribution >= 4 is 0 Å². The number of likely N-dealkylation sites (N-methyl/N-ethyl adjacent to an activating group) is 1. The summed E-state index contributed by atoms with van der Waals surface area (Å²) < 4.78 is 5.69. The zero-order valence-corrected chi connectivity index (χ0v) is 13.3. The Morgan fingerprint density at radius 3 is 2.71 bits per heavy atom. The fourth-order valence-electron chi connectivity index (χ4n) is 2.73. The van der Waals surface area contributed by atoms with E-state index in [1.807, 2.05) is 31.2 Å². The van der Waals surface area contributed by atoms with Crippen molar-refractivity contribution in [2.75, 3.05) is 46.4 Å². The predicted molar refractivity (Wildman–Crippen MR) is 85.9 cm³/mol. The van der Waals surface area contributed by atoms with Crippen LogP contribution in [0.15, 0.2) is 24.3 Å². The van der Waals surface area contributed by atoms with Crippen LogP contribution < -0.4 is 4.74 Å². The van der Waals surface area contributed by atoms with Crippen molar-refractivity contribution < 1.29 is 9.84 Å². The van der Waals surface area contributed by atoms with E-state index in [9.17, 15) is 5.11 Å². The van der Waals surface area contributed by atoms with Gasteiger partial charge in [-0.3, -0.25) is 0 Å². The topological polar surface area (TPSA) is 35.9 Å². The number of benzene rings is 1. The van der Waals surface area contributed by atoms with Crippen LogP contribution in [0.4, 0.5) is 0 Å². The van der Waals surface area contributed by atoms with Gasteiger partial charge in [-0.25, -0.2) is 0 Å². The second kappa shape index (κ2) is 8.37. The van der Waals surface area contributed by atoms with Gasteiger partial charge < -0.3 is 19.6 Å². The summed E-state index contributed by atoms with van der Waals surface area (Å²) in [7, 11) is 2.06. The van der Waals surface area contributed by atoms with Crippen LogP contribution in [-0.2, 0) is 0 Å². The molecule has 1 heterocycles. The monoisotopic (exact) mass is 292 g/mol. The highest BCUT2D eigenvalue weighted by molar-refractivity contribution is 5.31. The Hall–Kier alpha value is -1.10. The number of aryl methyl sites for hydroxylation is 1. The maximum Gasteiger partial charge on any atom is 0.122 e. The molecule has 1 aromatic rings. The SMILES string of the molecule is Cc1ccccc1OCC(O)CN(C)CCN1CCCC1. The van der Waals surface area contributed by atoms with Crippen molar-refractivity contribution in [1.82, 2.24) is 9.80 Å². The molecule has 1 unspecified atom stereocenters. The van der Waals surface area contributed by atoms with Crippen LogP contribution in [0.2, 0.25) is 0 Å². The van der Waals surface area contributed by atoms with Gasteiger partial charge in [0.05, 0.1) is 0 Å². The molecule has 21 heavy (non-hydrogen) atoms. The molecule has 4 nitrogen and oxygen atoms in total. The molecule has 1 atom stereocenters. The Kier molecular flexibility index (Phi) is 6.49. The number of nitrogens with zero attached hydrogens (tertiary/aromatic N) is 2. The number of likely N-dealkylation sites (tertiary alicyclic amines) is 1. The van der Waals surface area contributed by atoms with Gasteiger partial charge in [-0.1, -0.05) is 18.2 Å². The zero-order chi connectivity index (χ0) is 15.1. The van der Waals surface area contributed by atoms with Gasteiger partial charge in [-0.05, 0) is 51.5 Å². The van der Waals surface area contributed by atoms with E-state index in [1.54, 1.807) is 0 Å². The van der Waals surface area contributed by atoms with Gasteiger partial charge in [-0.15, -0.1) is 0 Å². The van der Waals surface area contributed by atoms with Crippen LogP contribution in [-0.4, -0.2) is 67.4 Å². The quantitative estimate of drug-likeness (QED) is 0.792. The molecular weight excluding hydrogens is 264 g/mol. The number of hydrogen-bond acceptors (Lipinski definition) is 4. The minimum absolute atomic E-state index is 0.346. The maximum absolute atomic E-state index is 10.1. The van der Waals surface area contributed by atoms with Gasteiger partial charge in [0.25, 0.3) is 0 Å². The van der Waals surface area contributed by atoms with Crippen LogP contribution in [0.3, 0.4) is 0 Å². The van der Waals surface area contributed by atoms with Gasteiger partial charge in [0, 0.05) is 19.6 Å². The summed E-state index contributed by atoms with van der Waals surface area (Å²) in [5.74, 6) is 0.858. The molecule has 0 bridgehead atoms. The number of aliphatic hydroxyl groups excluding tert-OH is 1. The summed E-state index contributed by atoms with van der Waals surface area (Å²) in [6, 6.07) is 7.91. The molecule has 118 valence electrons. The molecule has 0 radical (unpaired) electrons. The summed E-state index contributed by atoms with van der Waals surface area (Å²) in [6.45, 7) is 7.57. The minimum Gasteiger partial charge on any atom is -0.491 e. The van der Waals surface area contributed by atoms with E-state index in [2.05, 4.69) is 16.8 Å². The fourth-order valence-corrected chi connectivity index (χ4v) is 2.73. The Bertz CT molecular complexity index is 419. The largest absolute Gasteiger partial charge is 0.491 e.